The van der Waals surface area contributed by atoms with Crippen LogP contribution in [0.2, 0.25) is 0 Å². The van der Waals surface area contributed by atoms with E-state index in [1.165, 1.54) is 11.3 Å². The summed E-state index contributed by atoms with van der Waals surface area (Å²) in [4.78, 5) is 0. The fraction of sp³-hybridized carbons (Fsp3) is 0.538. The van der Waals surface area contributed by atoms with Crippen LogP contribution in [0, 0.1) is 0 Å². The minimum Gasteiger partial charge on any atom is -0.388 e. The topological polar surface area (TPSA) is 32.3 Å². The highest BCUT2D eigenvalue weighted by Gasteiger charge is 2.32. The third kappa shape index (κ3) is 2.00. The monoisotopic (exact) mass is 205 g/mol. The average Bonchev–Trinajstić information content (AvgIpc) is 2.28. The van der Waals surface area contributed by atoms with Crippen molar-refractivity contribution < 1.29 is 5.11 Å². The summed E-state index contributed by atoms with van der Waals surface area (Å²) < 4.78 is 0. The van der Waals surface area contributed by atoms with Crippen molar-refractivity contribution in [1.82, 2.24) is 0 Å². The van der Waals surface area contributed by atoms with E-state index in [2.05, 4.69) is 23.5 Å². The normalized spacial score (nSPS) is 23.8. The minimum absolute atomic E-state index is 0.178. The molecule has 0 fully saturated rings. The summed E-state index contributed by atoms with van der Waals surface area (Å²) in [5, 5.41) is 13.6. The number of aliphatic hydroxyl groups is 1. The Kier molecular flexibility index (Phi) is 2.70. The zero-order chi connectivity index (χ0) is 10.9. The molecule has 0 spiro atoms. The molecular formula is C13H19NO. The Labute approximate surface area is 91.3 Å². The van der Waals surface area contributed by atoms with E-state index in [-0.39, 0.29) is 6.04 Å². The number of benzene rings is 1. The molecular weight excluding hydrogens is 186 g/mol. The minimum atomic E-state index is -0.604. The van der Waals surface area contributed by atoms with Gasteiger partial charge in [-0.3, -0.25) is 0 Å². The van der Waals surface area contributed by atoms with E-state index in [1.807, 2.05) is 19.9 Å². The first-order chi connectivity index (χ1) is 7.13. The summed E-state index contributed by atoms with van der Waals surface area (Å²) >= 11 is 0. The van der Waals surface area contributed by atoms with Gasteiger partial charge in [-0.05, 0) is 37.8 Å². The molecule has 1 aromatic rings. The van der Waals surface area contributed by atoms with Crippen LogP contribution in [0.25, 0.3) is 0 Å². The molecule has 1 aliphatic rings. The van der Waals surface area contributed by atoms with Gasteiger partial charge in [-0.1, -0.05) is 25.1 Å². The Hall–Kier alpha value is -1.02. The highest BCUT2D eigenvalue weighted by atomic mass is 16.3. The molecule has 2 rings (SSSR count). The smallest absolute Gasteiger partial charge is 0.0817 e. The van der Waals surface area contributed by atoms with E-state index in [1.54, 1.807) is 0 Å². The predicted molar refractivity (Wildman–Crippen MR) is 63.1 cm³/mol. The van der Waals surface area contributed by atoms with Crippen molar-refractivity contribution in [3.8, 4) is 0 Å². The van der Waals surface area contributed by atoms with Crippen molar-refractivity contribution in [3.63, 3.8) is 0 Å². The SMILES string of the molecule is CCC(C)(O)C1CCc2ccccc2N1. The Morgan fingerprint density at radius 1 is 1.47 bits per heavy atom. The van der Waals surface area contributed by atoms with Crippen LogP contribution in [0.4, 0.5) is 5.69 Å². The number of aryl methyl sites for hydroxylation is 1. The maximum atomic E-state index is 10.2. The largest absolute Gasteiger partial charge is 0.388 e. The second kappa shape index (κ2) is 3.86. The van der Waals surface area contributed by atoms with E-state index in [0.717, 1.165) is 19.3 Å². The highest BCUT2D eigenvalue weighted by Crippen LogP contribution is 2.30. The molecule has 0 bridgehead atoms. The number of hydrogen-bond donors (Lipinski definition) is 2. The van der Waals surface area contributed by atoms with Gasteiger partial charge in [-0.2, -0.15) is 0 Å². The maximum absolute atomic E-state index is 10.2. The molecule has 0 aromatic heterocycles. The molecule has 82 valence electrons. The molecule has 2 unspecified atom stereocenters. The maximum Gasteiger partial charge on any atom is 0.0817 e. The van der Waals surface area contributed by atoms with Gasteiger partial charge in [0.15, 0.2) is 0 Å². The van der Waals surface area contributed by atoms with E-state index in [0.29, 0.717) is 0 Å². The lowest BCUT2D eigenvalue weighted by atomic mass is 9.86. The summed E-state index contributed by atoms with van der Waals surface area (Å²) in [6.45, 7) is 3.95. The lowest BCUT2D eigenvalue weighted by molar-refractivity contribution is 0.0322. The van der Waals surface area contributed by atoms with E-state index in [4.69, 9.17) is 0 Å². The zero-order valence-corrected chi connectivity index (χ0v) is 9.46. The first kappa shape index (κ1) is 10.5. The molecule has 1 heterocycles. The second-order valence-electron chi connectivity index (χ2n) is 4.60. The van der Waals surface area contributed by atoms with Crippen molar-refractivity contribution in [3.05, 3.63) is 29.8 Å². The van der Waals surface area contributed by atoms with Crippen LogP contribution >= 0.6 is 0 Å². The Morgan fingerprint density at radius 2 is 2.20 bits per heavy atom. The van der Waals surface area contributed by atoms with Crippen LogP contribution in [0.5, 0.6) is 0 Å². The summed E-state index contributed by atoms with van der Waals surface area (Å²) in [5.74, 6) is 0. The highest BCUT2D eigenvalue weighted by molar-refractivity contribution is 5.54. The molecule has 1 aromatic carbocycles. The van der Waals surface area contributed by atoms with Crippen molar-refractivity contribution in [2.24, 2.45) is 0 Å². The van der Waals surface area contributed by atoms with Crippen LogP contribution < -0.4 is 5.32 Å². The van der Waals surface area contributed by atoms with Gasteiger partial charge in [0, 0.05) is 5.69 Å². The van der Waals surface area contributed by atoms with Gasteiger partial charge >= 0.3 is 0 Å². The molecule has 0 amide bonds. The fourth-order valence-electron chi connectivity index (χ4n) is 2.15. The first-order valence-electron chi connectivity index (χ1n) is 5.70. The number of anilines is 1. The van der Waals surface area contributed by atoms with Crippen LogP contribution in [-0.4, -0.2) is 16.7 Å². The Bertz CT molecular complexity index is 346. The quantitative estimate of drug-likeness (QED) is 0.777. The Morgan fingerprint density at radius 3 is 2.93 bits per heavy atom. The summed E-state index contributed by atoms with van der Waals surface area (Å²) in [6, 6.07) is 8.53. The van der Waals surface area contributed by atoms with Gasteiger partial charge in [-0.25, -0.2) is 0 Å². The van der Waals surface area contributed by atoms with E-state index in [9.17, 15) is 5.11 Å². The molecule has 0 aliphatic carbocycles. The van der Waals surface area contributed by atoms with Crippen LogP contribution in [0.15, 0.2) is 24.3 Å². The number of fused-ring (bicyclic) bond motifs is 1. The van der Waals surface area contributed by atoms with Crippen molar-refractivity contribution in [1.29, 1.82) is 0 Å². The van der Waals surface area contributed by atoms with Gasteiger partial charge in [-0.15, -0.1) is 0 Å². The van der Waals surface area contributed by atoms with Crippen molar-refractivity contribution in [2.45, 2.75) is 44.8 Å². The number of hydrogen-bond acceptors (Lipinski definition) is 2. The van der Waals surface area contributed by atoms with E-state index >= 15 is 0 Å². The van der Waals surface area contributed by atoms with Gasteiger partial charge in [0.2, 0.25) is 0 Å². The molecule has 0 saturated heterocycles. The van der Waals surface area contributed by atoms with Crippen molar-refractivity contribution >= 4 is 5.69 Å². The van der Waals surface area contributed by atoms with Crippen LogP contribution in [0.1, 0.15) is 32.3 Å². The average molecular weight is 205 g/mol. The van der Waals surface area contributed by atoms with E-state index < -0.39 is 5.60 Å². The van der Waals surface area contributed by atoms with Gasteiger partial charge in [0.25, 0.3) is 0 Å². The number of para-hydroxylation sites is 1. The molecule has 2 heteroatoms. The third-order valence-corrected chi connectivity index (χ3v) is 3.52. The van der Waals surface area contributed by atoms with Gasteiger partial charge < -0.3 is 10.4 Å². The molecule has 15 heavy (non-hydrogen) atoms. The number of nitrogens with one attached hydrogen (secondary N) is 1. The molecule has 2 N–H and O–H groups in total. The van der Waals surface area contributed by atoms with Crippen LogP contribution in [0.3, 0.4) is 0 Å². The standard InChI is InChI=1S/C13H19NO/c1-3-13(2,15)12-9-8-10-6-4-5-7-11(10)14-12/h4-7,12,14-15H,3,8-9H2,1-2H3. The molecule has 0 radical (unpaired) electrons. The lowest BCUT2D eigenvalue weighted by Crippen LogP contribution is -2.46. The summed E-state index contributed by atoms with van der Waals surface area (Å²) in [5.41, 5.74) is 1.94. The molecule has 2 nitrogen and oxygen atoms in total. The first-order valence-corrected chi connectivity index (χ1v) is 5.70. The summed E-state index contributed by atoms with van der Waals surface area (Å²) in [6.07, 6.45) is 2.86. The summed E-state index contributed by atoms with van der Waals surface area (Å²) in [7, 11) is 0. The fourth-order valence-corrected chi connectivity index (χ4v) is 2.15. The molecule has 1 aliphatic heterocycles. The van der Waals surface area contributed by atoms with Gasteiger partial charge in [0.05, 0.1) is 11.6 Å². The molecule has 2 atom stereocenters. The Balaban J connectivity index is 2.19. The lowest BCUT2D eigenvalue weighted by Gasteiger charge is -2.37. The third-order valence-electron chi connectivity index (χ3n) is 3.52. The zero-order valence-electron chi connectivity index (χ0n) is 9.46. The van der Waals surface area contributed by atoms with Crippen molar-refractivity contribution in [2.75, 3.05) is 5.32 Å². The number of rotatable bonds is 2. The van der Waals surface area contributed by atoms with Gasteiger partial charge in [0.1, 0.15) is 0 Å². The van der Waals surface area contributed by atoms with Crippen LogP contribution in [-0.2, 0) is 6.42 Å². The predicted octanol–water partition coefficient (Wildman–Crippen LogP) is 2.57. The molecule has 0 saturated carbocycles. The second-order valence-corrected chi connectivity index (χ2v) is 4.60.